The molecule has 0 aliphatic heterocycles. The molecule has 0 saturated carbocycles. The molecule has 0 atom stereocenters. The van der Waals surface area contributed by atoms with Crippen LogP contribution in [0.15, 0.2) is 6.07 Å². The normalized spacial score (nSPS) is 10.5. The Morgan fingerprint density at radius 3 is 2.82 bits per heavy atom. The van der Waals surface area contributed by atoms with Crippen LogP contribution in [-0.2, 0) is 19.5 Å². The van der Waals surface area contributed by atoms with Crippen molar-refractivity contribution in [2.75, 3.05) is 13.1 Å². The Labute approximate surface area is 102 Å². The third-order valence-electron chi connectivity index (χ3n) is 2.48. The fourth-order valence-corrected chi connectivity index (χ4v) is 1.59. The van der Waals surface area contributed by atoms with Gasteiger partial charge >= 0.3 is 6.03 Å². The van der Waals surface area contributed by atoms with Gasteiger partial charge in [0.2, 0.25) is 0 Å². The van der Waals surface area contributed by atoms with E-state index in [1.54, 1.807) is 0 Å². The first kappa shape index (κ1) is 13.5. The highest BCUT2D eigenvalue weighted by Crippen LogP contribution is 2.04. The van der Waals surface area contributed by atoms with Crippen molar-refractivity contribution in [3.63, 3.8) is 0 Å². The number of aromatic nitrogens is 2. The Balaban J connectivity index is 2.35. The molecular weight excluding hydrogens is 218 g/mol. The number of carbonyl (C=O) groups excluding carboxylic acids is 1. The summed E-state index contributed by atoms with van der Waals surface area (Å²) in [5.41, 5.74) is 7.24. The minimum atomic E-state index is -0.487. The Morgan fingerprint density at radius 2 is 2.24 bits per heavy atom. The summed E-state index contributed by atoms with van der Waals surface area (Å²) >= 11 is 0. The van der Waals surface area contributed by atoms with Gasteiger partial charge in [-0.25, -0.2) is 4.79 Å². The second kappa shape index (κ2) is 6.90. The first-order chi connectivity index (χ1) is 8.17. The summed E-state index contributed by atoms with van der Waals surface area (Å²) in [7, 11) is 0. The van der Waals surface area contributed by atoms with Crippen molar-refractivity contribution in [3.8, 4) is 0 Å². The van der Waals surface area contributed by atoms with Crippen molar-refractivity contribution in [3.05, 3.63) is 17.5 Å². The molecule has 0 unspecified atom stereocenters. The van der Waals surface area contributed by atoms with Crippen molar-refractivity contribution in [2.45, 2.75) is 33.4 Å². The van der Waals surface area contributed by atoms with Crippen LogP contribution in [0, 0.1) is 0 Å². The van der Waals surface area contributed by atoms with Crippen LogP contribution in [0.4, 0.5) is 4.79 Å². The average Bonchev–Trinajstić information content (AvgIpc) is 2.70. The molecular formula is C11H21N5O. The van der Waals surface area contributed by atoms with Gasteiger partial charge in [0.05, 0.1) is 11.4 Å². The van der Waals surface area contributed by atoms with Crippen LogP contribution in [0.3, 0.4) is 0 Å². The number of rotatable bonds is 7. The molecule has 0 aliphatic carbocycles. The summed E-state index contributed by atoms with van der Waals surface area (Å²) in [4.78, 5) is 10.4. The van der Waals surface area contributed by atoms with Gasteiger partial charge in [-0.2, -0.15) is 5.10 Å². The highest BCUT2D eigenvalue weighted by atomic mass is 16.2. The van der Waals surface area contributed by atoms with Gasteiger partial charge < -0.3 is 16.4 Å². The lowest BCUT2D eigenvalue weighted by Crippen LogP contribution is -2.35. The maximum absolute atomic E-state index is 10.4. The number of carbonyl (C=O) groups is 1. The molecule has 1 heterocycles. The average molecular weight is 239 g/mol. The lowest BCUT2D eigenvalue weighted by Gasteiger charge is -2.06. The van der Waals surface area contributed by atoms with E-state index in [9.17, 15) is 4.79 Å². The van der Waals surface area contributed by atoms with Crippen molar-refractivity contribution in [2.24, 2.45) is 5.73 Å². The lowest BCUT2D eigenvalue weighted by atomic mass is 10.3. The van der Waals surface area contributed by atoms with E-state index in [0.29, 0.717) is 13.1 Å². The Kier molecular flexibility index (Phi) is 5.48. The van der Waals surface area contributed by atoms with Gasteiger partial charge in [-0.1, -0.05) is 6.92 Å². The molecule has 0 bridgehead atoms. The molecule has 0 aromatic carbocycles. The molecule has 0 radical (unpaired) electrons. The quantitative estimate of drug-likeness (QED) is 0.595. The minimum Gasteiger partial charge on any atom is -0.352 e. The summed E-state index contributed by atoms with van der Waals surface area (Å²) in [5, 5.41) is 10.2. The number of aryl methyl sites for hydroxylation is 2. The Bertz CT molecular complexity index is 361. The Hall–Kier alpha value is -1.56. The van der Waals surface area contributed by atoms with Crippen LogP contribution < -0.4 is 16.4 Å². The minimum absolute atomic E-state index is 0.487. The smallest absolute Gasteiger partial charge is 0.312 e. The molecule has 0 spiro atoms. The van der Waals surface area contributed by atoms with Crippen LogP contribution in [0.1, 0.15) is 25.2 Å². The SMILES string of the molecule is CCc1cc(CNCCNC(N)=O)n(CC)n1. The topological polar surface area (TPSA) is 85.0 Å². The molecule has 1 aromatic rings. The van der Waals surface area contributed by atoms with E-state index in [4.69, 9.17) is 5.73 Å². The molecule has 6 heteroatoms. The van der Waals surface area contributed by atoms with Gasteiger partial charge in [0, 0.05) is 26.2 Å². The number of hydrogen-bond acceptors (Lipinski definition) is 3. The summed E-state index contributed by atoms with van der Waals surface area (Å²) < 4.78 is 1.99. The van der Waals surface area contributed by atoms with E-state index in [1.807, 2.05) is 4.68 Å². The molecule has 1 rings (SSSR count). The van der Waals surface area contributed by atoms with E-state index >= 15 is 0 Å². The summed E-state index contributed by atoms with van der Waals surface area (Å²) in [6, 6.07) is 1.62. The van der Waals surface area contributed by atoms with Crippen LogP contribution in [0.5, 0.6) is 0 Å². The number of amides is 2. The third-order valence-corrected chi connectivity index (χ3v) is 2.48. The van der Waals surface area contributed by atoms with E-state index < -0.39 is 6.03 Å². The van der Waals surface area contributed by atoms with Crippen LogP contribution in [0.25, 0.3) is 0 Å². The predicted octanol–water partition coefficient (Wildman–Crippen LogP) is 0.223. The maximum atomic E-state index is 10.4. The zero-order valence-corrected chi connectivity index (χ0v) is 10.5. The van der Waals surface area contributed by atoms with E-state index in [0.717, 1.165) is 25.2 Å². The van der Waals surface area contributed by atoms with Crippen molar-refractivity contribution in [1.29, 1.82) is 0 Å². The summed E-state index contributed by atoms with van der Waals surface area (Å²) in [5.74, 6) is 0. The van der Waals surface area contributed by atoms with Crippen molar-refractivity contribution >= 4 is 6.03 Å². The largest absolute Gasteiger partial charge is 0.352 e. The number of nitrogens with zero attached hydrogens (tertiary/aromatic N) is 2. The number of hydrogen-bond donors (Lipinski definition) is 3. The fraction of sp³-hybridized carbons (Fsp3) is 0.636. The number of nitrogens with one attached hydrogen (secondary N) is 2. The third kappa shape index (κ3) is 4.44. The lowest BCUT2D eigenvalue weighted by molar-refractivity contribution is 0.249. The van der Waals surface area contributed by atoms with Crippen molar-refractivity contribution < 1.29 is 4.79 Å². The van der Waals surface area contributed by atoms with E-state index in [1.165, 1.54) is 5.69 Å². The number of urea groups is 1. The zero-order chi connectivity index (χ0) is 12.7. The molecule has 17 heavy (non-hydrogen) atoms. The molecule has 4 N–H and O–H groups in total. The molecule has 0 aliphatic rings. The fourth-order valence-electron chi connectivity index (χ4n) is 1.59. The van der Waals surface area contributed by atoms with Crippen molar-refractivity contribution in [1.82, 2.24) is 20.4 Å². The molecule has 0 saturated heterocycles. The second-order valence-corrected chi connectivity index (χ2v) is 3.76. The molecule has 6 nitrogen and oxygen atoms in total. The molecule has 96 valence electrons. The van der Waals surface area contributed by atoms with E-state index in [-0.39, 0.29) is 0 Å². The highest BCUT2D eigenvalue weighted by molar-refractivity contribution is 5.71. The Morgan fingerprint density at radius 1 is 1.47 bits per heavy atom. The van der Waals surface area contributed by atoms with Crippen LogP contribution >= 0.6 is 0 Å². The molecule has 0 fully saturated rings. The first-order valence-corrected chi connectivity index (χ1v) is 5.97. The molecule has 1 aromatic heterocycles. The maximum Gasteiger partial charge on any atom is 0.312 e. The highest BCUT2D eigenvalue weighted by Gasteiger charge is 2.04. The van der Waals surface area contributed by atoms with Crippen LogP contribution in [0.2, 0.25) is 0 Å². The monoisotopic (exact) mass is 239 g/mol. The van der Waals surface area contributed by atoms with E-state index in [2.05, 4.69) is 35.6 Å². The molecule has 2 amide bonds. The standard InChI is InChI=1S/C11H21N5O/c1-3-9-7-10(16(4-2)15-9)8-13-5-6-14-11(12)17/h7,13H,3-6,8H2,1-2H3,(H3,12,14,17). The summed E-state index contributed by atoms with van der Waals surface area (Å²) in [6.45, 7) is 7.02. The zero-order valence-electron chi connectivity index (χ0n) is 10.5. The second-order valence-electron chi connectivity index (χ2n) is 3.76. The number of primary amides is 1. The first-order valence-electron chi connectivity index (χ1n) is 5.97. The predicted molar refractivity (Wildman–Crippen MR) is 66.6 cm³/mol. The van der Waals surface area contributed by atoms with Gasteiger partial charge in [-0.15, -0.1) is 0 Å². The van der Waals surface area contributed by atoms with Gasteiger partial charge in [-0.05, 0) is 19.4 Å². The van der Waals surface area contributed by atoms with Crippen LogP contribution in [-0.4, -0.2) is 28.9 Å². The van der Waals surface area contributed by atoms with Gasteiger partial charge in [0.15, 0.2) is 0 Å². The summed E-state index contributed by atoms with van der Waals surface area (Å²) in [6.07, 6.45) is 0.948. The van der Waals surface area contributed by atoms with Gasteiger partial charge in [-0.3, -0.25) is 4.68 Å². The number of nitrogens with two attached hydrogens (primary N) is 1. The van der Waals surface area contributed by atoms with Gasteiger partial charge in [0.25, 0.3) is 0 Å². The van der Waals surface area contributed by atoms with Gasteiger partial charge in [0.1, 0.15) is 0 Å².